The Bertz CT molecular complexity index is 2600. The maximum atomic E-state index is 4.35. The van der Waals surface area contributed by atoms with Gasteiger partial charge in [-0.05, 0) is 146 Å². The van der Waals surface area contributed by atoms with Gasteiger partial charge in [0.25, 0.3) is 0 Å². The van der Waals surface area contributed by atoms with Gasteiger partial charge in [0, 0.05) is 24.8 Å². The molecule has 10 aromatic rings. The third-order valence-corrected chi connectivity index (χ3v) is 9.59. The largest absolute Gasteiger partial charge is 0.254 e. The van der Waals surface area contributed by atoms with Gasteiger partial charge in [0.1, 0.15) is 0 Å². The summed E-state index contributed by atoms with van der Waals surface area (Å²) in [5.41, 5.74) is 15.1. The molecule has 0 aliphatic rings. The number of nitrogens with zero attached hydrogens (tertiary/aromatic N) is 6. The lowest BCUT2D eigenvalue weighted by molar-refractivity contribution is 1.18. The fraction of sp³-hybridized carbons (Fsp3) is 0.323. The van der Waals surface area contributed by atoms with E-state index in [1.807, 2.05) is 160 Å². The van der Waals surface area contributed by atoms with E-state index in [9.17, 15) is 0 Å². The summed E-state index contributed by atoms with van der Waals surface area (Å²) in [7, 11) is 0. The van der Waals surface area contributed by atoms with Crippen molar-refractivity contribution < 1.29 is 0 Å². The second-order valence-electron chi connectivity index (χ2n) is 14.7. The molecule has 4 heterocycles. The maximum Gasteiger partial charge on any atom is 0.0890 e. The first-order valence-corrected chi connectivity index (χ1v) is 24.9. The van der Waals surface area contributed by atoms with Crippen molar-refractivity contribution in [2.24, 2.45) is 0 Å². The highest BCUT2D eigenvalue weighted by Gasteiger charge is 2.08. The molecular weight excluding hydrogens is 829 g/mol. The summed E-state index contributed by atoms with van der Waals surface area (Å²) >= 11 is 0. The van der Waals surface area contributed by atoms with Crippen LogP contribution in [0.4, 0.5) is 0 Å². The van der Waals surface area contributed by atoms with Gasteiger partial charge >= 0.3 is 0 Å². The molecule has 0 saturated heterocycles. The highest BCUT2D eigenvalue weighted by molar-refractivity contribution is 6.25. The van der Waals surface area contributed by atoms with Crippen LogP contribution in [0.3, 0.4) is 0 Å². The molecule has 0 fully saturated rings. The van der Waals surface area contributed by atoms with Gasteiger partial charge in [-0.3, -0.25) is 19.9 Å². The van der Waals surface area contributed by atoms with Crippen molar-refractivity contribution >= 4 is 65.4 Å². The third kappa shape index (κ3) is 17.2. The molecule has 0 amide bonds. The smallest absolute Gasteiger partial charge is 0.0890 e. The van der Waals surface area contributed by atoms with Crippen molar-refractivity contribution in [1.82, 2.24) is 29.9 Å². The zero-order valence-corrected chi connectivity index (χ0v) is 45.4. The van der Waals surface area contributed by atoms with E-state index < -0.39 is 0 Å². The van der Waals surface area contributed by atoms with Crippen LogP contribution in [0, 0.1) is 55.4 Å². The van der Waals surface area contributed by atoms with Crippen molar-refractivity contribution in [2.45, 2.75) is 138 Å². The molecule has 6 aromatic carbocycles. The number of aryl methyl sites for hydroxylation is 8. The molecule has 360 valence electrons. The number of benzene rings is 6. The van der Waals surface area contributed by atoms with Crippen LogP contribution in [0.2, 0.25) is 0 Å². The number of hydrogen-bond donors (Lipinski definition) is 0. The maximum absolute atomic E-state index is 4.35. The van der Waals surface area contributed by atoms with Crippen LogP contribution < -0.4 is 0 Å². The Balaban J connectivity index is 0.000000431. The fourth-order valence-electron chi connectivity index (χ4n) is 6.81. The van der Waals surface area contributed by atoms with Gasteiger partial charge in [0.2, 0.25) is 0 Å². The van der Waals surface area contributed by atoms with Gasteiger partial charge in [0.15, 0.2) is 0 Å². The van der Waals surface area contributed by atoms with E-state index >= 15 is 0 Å². The van der Waals surface area contributed by atoms with Crippen molar-refractivity contribution in [3.8, 4) is 0 Å². The number of aromatic nitrogens is 6. The molecule has 0 bridgehead atoms. The zero-order valence-electron chi connectivity index (χ0n) is 45.4. The number of fused-ring (bicyclic) bond motifs is 9. The van der Waals surface area contributed by atoms with E-state index in [-0.39, 0.29) is 0 Å². The lowest BCUT2D eigenvalue weighted by atomic mass is 9.93. The van der Waals surface area contributed by atoms with Crippen LogP contribution >= 0.6 is 0 Å². The average Bonchev–Trinajstić information content (AvgIpc) is 3.38. The molecule has 0 aliphatic carbocycles. The normalized spacial score (nSPS) is 9.47. The third-order valence-electron chi connectivity index (χ3n) is 9.59. The van der Waals surface area contributed by atoms with Gasteiger partial charge in [-0.1, -0.05) is 167 Å². The van der Waals surface area contributed by atoms with Crippen LogP contribution in [0.1, 0.15) is 128 Å². The minimum absolute atomic E-state index is 0.964. The van der Waals surface area contributed by atoms with Crippen molar-refractivity contribution in [3.05, 3.63) is 179 Å². The quantitative estimate of drug-likeness (QED) is 0.141. The molecular formula is C62H82N6. The number of pyridine rings is 2. The molecule has 6 nitrogen and oxygen atoms in total. The fourth-order valence-corrected chi connectivity index (χ4v) is 6.81. The van der Waals surface area contributed by atoms with Crippen LogP contribution in [0.25, 0.3) is 65.4 Å². The van der Waals surface area contributed by atoms with Crippen LogP contribution in [0.5, 0.6) is 0 Å². The monoisotopic (exact) mass is 911 g/mol. The minimum atomic E-state index is 0.964. The van der Waals surface area contributed by atoms with Crippen LogP contribution in [-0.4, -0.2) is 29.9 Å². The van der Waals surface area contributed by atoms with Crippen molar-refractivity contribution in [3.63, 3.8) is 0 Å². The van der Waals surface area contributed by atoms with E-state index in [4.69, 9.17) is 0 Å². The van der Waals surface area contributed by atoms with Gasteiger partial charge < -0.3 is 0 Å². The predicted molar refractivity (Wildman–Crippen MR) is 304 cm³/mol. The standard InChI is InChI=1S/C20H16.3C10H10N2.6C2H6/c1-13-7-9-17-18-10-8-14(2)12-20(18)16-6-4-3-5-15(16)19(17)11-13;1-7-3-9-10(11-5-7)4-8(2)6-12-9;2*1-7-3-4-9-10(5-7)11-6-8(2)12-9;6*1-2/h3-12H,1-2H3;3*3-6H,1-2H3;6*1-2H3. The van der Waals surface area contributed by atoms with Gasteiger partial charge in [-0.2, -0.15) is 0 Å². The summed E-state index contributed by atoms with van der Waals surface area (Å²) in [6.45, 7) is 40.4. The summed E-state index contributed by atoms with van der Waals surface area (Å²) < 4.78 is 0. The molecule has 0 saturated carbocycles. The second kappa shape index (κ2) is 32.1. The molecule has 10 rings (SSSR count). The molecule has 0 radical (unpaired) electrons. The van der Waals surface area contributed by atoms with Gasteiger partial charge in [-0.25, -0.2) is 9.97 Å². The first kappa shape index (κ1) is 59.4. The second-order valence-corrected chi connectivity index (χ2v) is 14.7. The summed E-state index contributed by atoms with van der Waals surface area (Å²) in [6.07, 6.45) is 7.32. The summed E-state index contributed by atoms with van der Waals surface area (Å²) in [4.78, 5) is 25.8. The molecule has 68 heavy (non-hydrogen) atoms. The number of rotatable bonds is 0. The van der Waals surface area contributed by atoms with Gasteiger partial charge in [-0.15, -0.1) is 0 Å². The lowest BCUT2D eigenvalue weighted by Crippen LogP contribution is -1.86. The highest BCUT2D eigenvalue weighted by Crippen LogP contribution is 2.35. The van der Waals surface area contributed by atoms with E-state index in [2.05, 4.69) is 130 Å². The van der Waals surface area contributed by atoms with E-state index in [0.717, 1.165) is 55.6 Å². The molecule has 0 aliphatic heterocycles. The van der Waals surface area contributed by atoms with Crippen molar-refractivity contribution in [2.75, 3.05) is 0 Å². The molecule has 0 atom stereocenters. The van der Waals surface area contributed by atoms with E-state index in [1.54, 1.807) is 12.4 Å². The Kier molecular flexibility index (Phi) is 28.0. The molecule has 0 N–H and O–H groups in total. The Morgan fingerprint density at radius 1 is 0.235 bits per heavy atom. The highest BCUT2D eigenvalue weighted by atomic mass is 14.8. The Morgan fingerprint density at radius 3 is 0.853 bits per heavy atom. The van der Waals surface area contributed by atoms with Gasteiger partial charge in [0.05, 0.1) is 44.5 Å². The average molecular weight is 911 g/mol. The Morgan fingerprint density at radius 2 is 0.500 bits per heavy atom. The van der Waals surface area contributed by atoms with Crippen molar-refractivity contribution in [1.29, 1.82) is 0 Å². The molecule has 4 aromatic heterocycles. The first-order chi connectivity index (χ1) is 33.0. The van der Waals surface area contributed by atoms with Crippen LogP contribution in [0.15, 0.2) is 134 Å². The first-order valence-electron chi connectivity index (χ1n) is 24.9. The Labute approximate surface area is 410 Å². The molecule has 0 unspecified atom stereocenters. The summed E-state index contributed by atoms with van der Waals surface area (Å²) in [5.74, 6) is 0. The minimum Gasteiger partial charge on any atom is -0.254 e. The molecule has 0 spiro atoms. The SMILES string of the molecule is CC.CC.CC.CC.CC.CC.Cc1ccc2c3ccc(C)cc3c3ccccc3c2c1.Cc1ccc2nc(C)cnc2c1.Cc1ccc2nc(C)cnc2c1.Cc1cnc2cc(C)cnc2c1. The summed E-state index contributed by atoms with van der Waals surface area (Å²) in [6, 6.07) is 38.6. The molecule has 6 heteroatoms. The summed E-state index contributed by atoms with van der Waals surface area (Å²) in [5, 5.41) is 8.12. The zero-order chi connectivity index (χ0) is 51.3. The lowest BCUT2D eigenvalue weighted by Gasteiger charge is -2.11. The topological polar surface area (TPSA) is 77.3 Å². The number of hydrogen-bond acceptors (Lipinski definition) is 6. The van der Waals surface area contributed by atoms with E-state index in [1.165, 1.54) is 54.6 Å². The van der Waals surface area contributed by atoms with Crippen LogP contribution in [-0.2, 0) is 0 Å². The predicted octanol–water partition coefficient (Wildman–Crippen LogP) is 18.7. The van der Waals surface area contributed by atoms with E-state index in [0.29, 0.717) is 0 Å². The Hall–Kier alpha value is -6.66.